The topological polar surface area (TPSA) is 104 Å². The first kappa shape index (κ1) is 22.8. The molecular formula is C27H34O6. The molecule has 1 spiro atoms. The summed E-state index contributed by atoms with van der Waals surface area (Å²) in [6.07, 6.45) is 1.83. The number of hydrogen-bond acceptors (Lipinski definition) is 5. The largest absolute Gasteiger partial charge is 0.478 e. The van der Waals surface area contributed by atoms with Crippen molar-refractivity contribution in [1.82, 2.24) is 0 Å². The molecule has 1 aliphatic heterocycles. The molecule has 1 unspecified atom stereocenters. The second-order valence-corrected chi connectivity index (χ2v) is 11.4. The van der Waals surface area contributed by atoms with Crippen LogP contribution in [-0.2, 0) is 9.53 Å². The summed E-state index contributed by atoms with van der Waals surface area (Å²) in [6.45, 7) is 9.30. The third-order valence-electron chi connectivity index (χ3n) is 10.5. The summed E-state index contributed by atoms with van der Waals surface area (Å²) in [4.78, 5) is 23.6. The van der Waals surface area contributed by atoms with Gasteiger partial charge in [0, 0.05) is 23.2 Å². The van der Waals surface area contributed by atoms with Gasteiger partial charge in [-0.2, -0.15) is 0 Å². The van der Waals surface area contributed by atoms with Crippen LogP contribution in [0.4, 0.5) is 0 Å². The second kappa shape index (κ2) is 7.00. The van der Waals surface area contributed by atoms with E-state index in [1.165, 1.54) is 5.57 Å². The van der Waals surface area contributed by atoms with Gasteiger partial charge < -0.3 is 20.1 Å². The van der Waals surface area contributed by atoms with Crippen LogP contribution in [0.2, 0.25) is 0 Å². The number of carbonyl (C=O) groups is 2. The van der Waals surface area contributed by atoms with Gasteiger partial charge in [0.15, 0.2) is 5.78 Å². The van der Waals surface area contributed by atoms with E-state index >= 15 is 0 Å². The molecule has 4 aliphatic carbocycles. The molecule has 178 valence electrons. The number of aliphatic hydroxyl groups is 2. The first-order chi connectivity index (χ1) is 15.5. The van der Waals surface area contributed by atoms with E-state index in [9.17, 15) is 19.8 Å². The minimum Gasteiger partial charge on any atom is -0.478 e. The number of allylic oxidation sites excluding steroid dienone is 1. The fraction of sp³-hybridized carbons (Fsp3) is 0.630. The smallest absolute Gasteiger partial charge is 0.335 e. The molecule has 1 saturated heterocycles. The number of Topliss-reactive ketones (excluding diaryl/α,β-unsaturated/α-hetero) is 1. The molecule has 1 heterocycles. The second-order valence-electron chi connectivity index (χ2n) is 11.4. The molecule has 0 bridgehead atoms. The highest BCUT2D eigenvalue weighted by atomic mass is 16.5. The van der Waals surface area contributed by atoms with E-state index in [1.807, 2.05) is 6.92 Å². The monoisotopic (exact) mass is 454 g/mol. The summed E-state index contributed by atoms with van der Waals surface area (Å²) >= 11 is 0. The molecule has 1 aromatic rings. The summed E-state index contributed by atoms with van der Waals surface area (Å²) < 4.78 is 5.79. The Morgan fingerprint density at radius 1 is 1.12 bits per heavy atom. The Bertz CT molecular complexity index is 1050. The molecule has 1 aromatic carbocycles. The Hall–Kier alpha value is -2.02. The first-order valence-corrected chi connectivity index (χ1v) is 12.0. The number of ketones is 1. The highest BCUT2D eigenvalue weighted by Crippen LogP contribution is 2.86. The van der Waals surface area contributed by atoms with Crippen LogP contribution in [0.1, 0.15) is 63.7 Å². The summed E-state index contributed by atoms with van der Waals surface area (Å²) in [5.41, 5.74) is 1.23. The predicted molar refractivity (Wildman–Crippen MR) is 122 cm³/mol. The number of carbonyl (C=O) groups excluding carboxylic acids is 1. The molecule has 5 aliphatic rings. The summed E-state index contributed by atoms with van der Waals surface area (Å²) in [5.74, 6) is -0.715. The van der Waals surface area contributed by atoms with Gasteiger partial charge in [0.2, 0.25) is 0 Å². The van der Waals surface area contributed by atoms with Gasteiger partial charge in [-0.25, -0.2) is 4.79 Å². The molecule has 4 fully saturated rings. The number of fused-ring (bicyclic) bond motifs is 1. The Morgan fingerprint density at radius 3 is 2.33 bits per heavy atom. The summed E-state index contributed by atoms with van der Waals surface area (Å²) in [7, 11) is 0. The molecule has 3 saturated carbocycles. The molecule has 8 atom stereocenters. The standard InChI is InChI=1S/C20H28O4.C7H6O2/c1-10-5-6-17(2)9-20-11-8-24-12(11)7-13(21)18(20,3)16(23)15(22)14(10)19(17,20)4;8-7(9)6-4-2-1-3-5-6/h11-13,15,21-22H,5-9H2,1-4H3;1-5H,(H,8,9)/t11-,12-,13+,15-,17+,18+,19+,20?;/m1./s1. The molecule has 6 nitrogen and oxygen atoms in total. The van der Waals surface area contributed by atoms with Crippen LogP contribution >= 0.6 is 0 Å². The molecule has 0 radical (unpaired) electrons. The fourth-order valence-corrected chi connectivity index (χ4v) is 8.58. The zero-order valence-corrected chi connectivity index (χ0v) is 19.8. The molecule has 33 heavy (non-hydrogen) atoms. The van der Waals surface area contributed by atoms with Crippen LogP contribution in [0.3, 0.4) is 0 Å². The lowest BCUT2D eigenvalue weighted by atomic mass is 9.20. The lowest BCUT2D eigenvalue weighted by molar-refractivity contribution is -0.369. The molecule has 0 aromatic heterocycles. The van der Waals surface area contributed by atoms with Gasteiger partial charge in [-0.05, 0) is 56.2 Å². The van der Waals surface area contributed by atoms with E-state index in [2.05, 4.69) is 20.8 Å². The number of carboxylic acids is 1. The third-order valence-corrected chi connectivity index (χ3v) is 10.5. The zero-order valence-electron chi connectivity index (χ0n) is 19.8. The van der Waals surface area contributed by atoms with Crippen molar-refractivity contribution in [3.8, 4) is 0 Å². The average molecular weight is 455 g/mol. The van der Waals surface area contributed by atoms with E-state index in [0.29, 0.717) is 24.5 Å². The minimum atomic E-state index is -1.06. The Balaban J connectivity index is 0.000000215. The van der Waals surface area contributed by atoms with Crippen molar-refractivity contribution in [2.45, 2.75) is 71.7 Å². The van der Waals surface area contributed by atoms with Gasteiger partial charge in [-0.3, -0.25) is 4.79 Å². The van der Waals surface area contributed by atoms with Gasteiger partial charge in [0.1, 0.15) is 6.10 Å². The van der Waals surface area contributed by atoms with Crippen LogP contribution in [-0.4, -0.2) is 52.0 Å². The van der Waals surface area contributed by atoms with Crippen LogP contribution < -0.4 is 0 Å². The quantitative estimate of drug-likeness (QED) is 0.560. The van der Waals surface area contributed by atoms with E-state index in [4.69, 9.17) is 9.84 Å². The molecule has 3 N–H and O–H groups in total. The van der Waals surface area contributed by atoms with Crippen LogP contribution in [0.15, 0.2) is 41.5 Å². The third kappa shape index (κ3) is 2.44. The van der Waals surface area contributed by atoms with E-state index in [1.54, 1.807) is 30.3 Å². The highest BCUT2D eigenvalue weighted by Gasteiger charge is 2.86. The number of carboxylic acid groups (broad SMARTS) is 1. The van der Waals surface area contributed by atoms with Crippen LogP contribution in [0.5, 0.6) is 0 Å². The van der Waals surface area contributed by atoms with Crippen molar-refractivity contribution < 1.29 is 29.6 Å². The average Bonchev–Trinajstić information content (AvgIpc) is 2.77. The first-order valence-electron chi connectivity index (χ1n) is 12.0. The summed E-state index contributed by atoms with van der Waals surface area (Å²) in [5, 5.41) is 30.4. The Kier molecular flexibility index (Phi) is 4.83. The van der Waals surface area contributed by atoms with Crippen LogP contribution in [0.25, 0.3) is 0 Å². The predicted octanol–water partition coefficient (Wildman–Crippen LogP) is 3.61. The van der Waals surface area contributed by atoms with E-state index in [-0.39, 0.29) is 28.1 Å². The Morgan fingerprint density at radius 2 is 1.79 bits per heavy atom. The number of benzene rings is 1. The number of aliphatic hydroxyl groups excluding tert-OH is 2. The minimum absolute atomic E-state index is 0.0703. The van der Waals surface area contributed by atoms with Crippen molar-refractivity contribution in [1.29, 1.82) is 0 Å². The maximum absolute atomic E-state index is 13.4. The normalized spacial score (nSPS) is 47.0. The van der Waals surface area contributed by atoms with Crippen molar-refractivity contribution in [2.24, 2.45) is 27.6 Å². The van der Waals surface area contributed by atoms with Gasteiger partial charge in [-0.1, -0.05) is 37.6 Å². The number of rotatable bonds is 1. The van der Waals surface area contributed by atoms with Crippen molar-refractivity contribution >= 4 is 11.8 Å². The van der Waals surface area contributed by atoms with Gasteiger partial charge >= 0.3 is 5.97 Å². The molecule has 6 heteroatoms. The maximum atomic E-state index is 13.4. The van der Waals surface area contributed by atoms with Crippen LogP contribution in [0, 0.1) is 27.6 Å². The highest BCUT2D eigenvalue weighted by molar-refractivity contribution is 5.96. The molecule has 0 amide bonds. The van der Waals surface area contributed by atoms with Gasteiger partial charge in [0.25, 0.3) is 0 Å². The van der Waals surface area contributed by atoms with Crippen molar-refractivity contribution in [3.63, 3.8) is 0 Å². The number of ether oxygens (including phenoxy) is 1. The van der Waals surface area contributed by atoms with E-state index in [0.717, 1.165) is 24.8 Å². The fourth-order valence-electron chi connectivity index (χ4n) is 8.58. The maximum Gasteiger partial charge on any atom is 0.335 e. The van der Waals surface area contributed by atoms with Gasteiger partial charge in [-0.15, -0.1) is 0 Å². The van der Waals surface area contributed by atoms with Crippen molar-refractivity contribution in [2.75, 3.05) is 6.61 Å². The summed E-state index contributed by atoms with van der Waals surface area (Å²) in [6, 6.07) is 8.30. The van der Waals surface area contributed by atoms with Crippen molar-refractivity contribution in [3.05, 3.63) is 47.0 Å². The number of hydrogen-bond donors (Lipinski definition) is 3. The zero-order chi connectivity index (χ0) is 24.0. The SMILES string of the molecule is CC1=C2[C@@H](O)C(=O)[C@]3(C)[C@@H](O)C[C@H]4OC[C@H]4C34C[C@](C)(CC1)[C@]24C.O=C(O)c1ccccc1. The number of aromatic carboxylic acids is 1. The lowest BCUT2D eigenvalue weighted by Crippen LogP contribution is -2.85. The molecular weight excluding hydrogens is 420 g/mol. The van der Waals surface area contributed by atoms with E-state index < -0.39 is 23.6 Å². The Labute approximate surface area is 194 Å². The van der Waals surface area contributed by atoms with Gasteiger partial charge in [0.05, 0.1) is 29.8 Å². The lowest BCUT2D eigenvalue weighted by Gasteiger charge is -2.84. The molecule has 6 rings (SSSR count).